The molecular formula is C16H17N9O5S2. The molecule has 32 heavy (non-hydrogen) atoms. The number of sulfonamides is 2. The molecule has 0 spiro atoms. The van der Waals surface area contributed by atoms with Crippen LogP contribution in [0.25, 0.3) is 33.6 Å². The molecule has 168 valence electrons. The summed E-state index contributed by atoms with van der Waals surface area (Å²) in [5.74, 6) is -0.201. The van der Waals surface area contributed by atoms with Crippen molar-refractivity contribution in [3.05, 3.63) is 30.3 Å². The van der Waals surface area contributed by atoms with E-state index in [9.17, 15) is 16.8 Å². The second-order valence-electron chi connectivity index (χ2n) is 6.49. The third-order valence-corrected chi connectivity index (χ3v) is 7.05. The first kappa shape index (κ1) is 21.8. The van der Waals surface area contributed by atoms with E-state index in [1.807, 2.05) is 0 Å². The number of tetrazole rings is 1. The average molecular weight is 480 g/mol. The van der Waals surface area contributed by atoms with E-state index in [-0.39, 0.29) is 36.1 Å². The smallest absolute Gasteiger partial charge is 0.293 e. The molecule has 0 atom stereocenters. The molecule has 0 saturated heterocycles. The second kappa shape index (κ2) is 7.92. The van der Waals surface area contributed by atoms with Crippen LogP contribution in [0.5, 0.6) is 0 Å². The molecule has 0 bridgehead atoms. The highest BCUT2D eigenvalue weighted by molar-refractivity contribution is 7.92. The first-order valence-corrected chi connectivity index (χ1v) is 11.9. The number of aromatic amines is 1. The summed E-state index contributed by atoms with van der Waals surface area (Å²) >= 11 is 0. The van der Waals surface area contributed by atoms with Crippen LogP contribution in [0.4, 0.5) is 6.01 Å². The fourth-order valence-corrected chi connectivity index (χ4v) is 5.87. The average Bonchev–Trinajstić information content (AvgIpc) is 3.39. The van der Waals surface area contributed by atoms with Crippen LogP contribution in [0.1, 0.15) is 0 Å². The number of para-hydroxylation sites is 1. The number of nitrogen functional groups attached to an aromatic ring is 1. The predicted octanol–water partition coefficient (Wildman–Crippen LogP) is -0.858. The largest absolute Gasteiger partial charge is 0.424 e. The molecule has 2 aromatic carbocycles. The summed E-state index contributed by atoms with van der Waals surface area (Å²) in [6.45, 7) is -0.126. The number of fused-ring (bicyclic) bond motifs is 1. The molecule has 4 rings (SSSR count). The minimum absolute atomic E-state index is 0.00466. The van der Waals surface area contributed by atoms with Gasteiger partial charge in [-0.15, -0.1) is 10.2 Å². The summed E-state index contributed by atoms with van der Waals surface area (Å²) in [6, 6.07) is 7.26. The van der Waals surface area contributed by atoms with Gasteiger partial charge in [0.25, 0.3) is 6.01 Å². The van der Waals surface area contributed by atoms with E-state index in [0.29, 0.717) is 16.7 Å². The summed E-state index contributed by atoms with van der Waals surface area (Å²) < 4.78 is 58.6. The maximum absolute atomic E-state index is 12.8. The van der Waals surface area contributed by atoms with Gasteiger partial charge in [0.15, 0.2) is 5.58 Å². The van der Waals surface area contributed by atoms with Crippen LogP contribution in [0.15, 0.2) is 44.5 Å². The summed E-state index contributed by atoms with van der Waals surface area (Å²) in [7, 11) is -8.93. The van der Waals surface area contributed by atoms with Crippen LogP contribution in [0, 0.1) is 0 Å². The van der Waals surface area contributed by atoms with Gasteiger partial charge in [0.2, 0.25) is 25.9 Å². The van der Waals surface area contributed by atoms with Crippen molar-refractivity contribution in [2.75, 3.05) is 18.8 Å². The van der Waals surface area contributed by atoms with E-state index >= 15 is 0 Å². The highest BCUT2D eigenvalue weighted by atomic mass is 32.2. The Morgan fingerprint density at radius 1 is 1.09 bits per heavy atom. The number of H-pyrrole nitrogens is 1. The number of nitrogens with zero attached hydrogens (tertiary/aromatic N) is 4. The van der Waals surface area contributed by atoms with Gasteiger partial charge in [-0.2, -0.15) is 10.2 Å². The van der Waals surface area contributed by atoms with Crippen molar-refractivity contribution in [3.63, 3.8) is 0 Å². The lowest BCUT2D eigenvalue weighted by molar-refractivity contribution is 0.574. The van der Waals surface area contributed by atoms with Crippen LogP contribution in [-0.4, -0.2) is 55.5 Å². The summed E-state index contributed by atoms with van der Waals surface area (Å²) in [4.78, 5) is 2.83. The summed E-state index contributed by atoms with van der Waals surface area (Å²) in [6.07, 6.45) is 0. The first-order chi connectivity index (χ1) is 15.1. The van der Waals surface area contributed by atoms with Gasteiger partial charge in [0.1, 0.15) is 15.3 Å². The molecule has 0 unspecified atom stereocenters. The van der Waals surface area contributed by atoms with Crippen LogP contribution < -0.4 is 21.3 Å². The number of primary sulfonamides is 1. The molecule has 0 amide bonds. The molecule has 2 aromatic heterocycles. The normalized spacial score (nSPS) is 12.4. The lowest BCUT2D eigenvalue weighted by Crippen LogP contribution is -2.31. The zero-order valence-corrected chi connectivity index (χ0v) is 17.8. The molecule has 0 radical (unpaired) electrons. The molecule has 0 saturated carbocycles. The van der Waals surface area contributed by atoms with Gasteiger partial charge in [-0.3, -0.25) is 0 Å². The van der Waals surface area contributed by atoms with Gasteiger partial charge < -0.3 is 15.9 Å². The van der Waals surface area contributed by atoms with E-state index in [4.69, 9.17) is 21.0 Å². The van der Waals surface area contributed by atoms with Crippen LogP contribution in [0.2, 0.25) is 0 Å². The Labute approximate surface area is 181 Å². The maximum Gasteiger partial charge on any atom is 0.293 e. The molecule has 8 N–H and O–H groups in total. The van der Waals surface area contributed by atoms with Gasteiger partial charge in [-0.05, 0) is 22.9 Å². The number of anilines is 1. The first-order valence-electron chi connectivity index (χ1n) is 8.92. The highest BCUT2D eigenvalue weighted by Crippen LogP contribution is 2.41. The molecule has 14 nitrogen and oxygen atoms in total. The van der Waals surface area contributed by atoms with Crippen LogP contribution in [0.3, 0.4) is 0 Å². The number of hydrogen-bond acceptors (Lipinski definition) is 11. The van der Waals surface area contributed by atoms with Crippen molar-refractivity contribution < 1.29 is 21.3 Å². The number of nitrogens with one attached hydrogen (secondary N) is 2. The number of rotatable bonds is 7. The fourth-order valence-electron chi connectivity index (χ4n) is 3.23. The zero-order valence-electron chi connectivity index (χ0n) is 16.2. The Kier molecular flexibility index (Phi) is 5.39. The molecular weight excluding hydrogens is 462 g/mol. The van der Waals surface area contributed by atoms with Crippen molar-refractivity contribution >= 4 is 37.2 Å². The molecule has 16 heteroatoms. The van der Waals surface area contributed by atoms with Crippen LogP contribution in [-0.2, 0) is 20.0 Å². The van der Waals surface area contributed by atoms with Gasteiger partial charge >= 0.3 is 0 Å². The fraction of sp³-hybridized carbons (Fsp3) is 0.125. The monoisotopic (exact) mass is 479 g/mol. The molecule has 0 aliphatic heterocycles. The Bertz CT molecular complexity index is 1510. The van der Waals surface area contributed by atoms with Crippen LogP contribution >= 0.6 is 0 Å². The van der Waals surface area contributed by atoms with E-state index in [1.165, 1.54) is 6.07 Å². The van der Waals surface area contributed by atoms with E-state index in [2.05, 4.69) is 30.3 Å². The second-order valence-corrected chi connectivity index (χ2v) is 9.72. The number of hydrogen-bond donors (Lipinski definition) is 5. The molecule has 0 aliphatic carbocycles. The lowest BCUT2D eigenvalue weighted by Gasteiger charge is -2.16. The van der Waals surface area contributed by atoms with Gasteiger partial charge in [0.05, 0.1) is 5.56 Å². The van der Waals surface area contributed by atoms with Crippen molar-refractivity contribution in [1.29, 1.82) is 0 Å². The lowest BCUT2D eigenvalue weighted by atomic mass is 9.98. The third-order valence-electron chi connectivity index (χ3n) is 4.43. The van der Waals surface area contributed by atoms with Crippen molar-refractivity contribution in [1.82, 2.24) is 30.3 Å². The number of benzene rings is 2. The predicted molar refractivity (Wildman–Crippen MR) is 113 cm³/mol. The Morgan fingerprint density at radius 2 is 1.88 bits per heavy atom. The minimum Gasteiger partial charge on any atom is -0.424 e. The Morgan fingerprint density at radius 3 is 2.53 bits per heavy atom. The summed E-state index contributed by atoms with van der Waals surface area (Å²) in [5, 5.41) is 18.8. The van der Waals surface area contributed by atoms with E-state index in [0.717, 1.165) is 6.07 Å². The van der Waals surface area contributed by atoms with E-state index in [1.54, 1.807) is 18.2 Å². The zero-order chi connectivity index (χ0) is 23.1. The van der Waals surface area contributed by atoms with E-state index < -0.39 is 29.8 Å². The number of aromatic nitrogens is 5. The molecule has 0 aliphatic rings. The van der Waals surface area contributed by atoms with Crippen molar-refractivity contribution in [2.45, 2.75) is 9.79 Å². The molecule has 0 fully saturated rings. The van der Waals surface area contributed by atoms with Gasteiger partial charge in [0, 0.05) is 18.7 Å². The number of nitrogens with two attached hydrogens (primary N) is 3. The minimum atomic E-state index is -4.62. The Balaban J connectivity index is 2.14. The third kappa shape index (κ3) is 3.80. The maximum atomic E-state index is 12.8. The quantitative estimate of drug-likeness (QED) is 0.218. The molecule has 2 heterocycles. The topological polar surface area (TPSA) is 239 Å². The van der Waals surface area contributed by atoms with Gasteiger partial charge in [-0.1, -0.05) is 18.2 Å². The summed E-state index contributed by atoms with van der Waals surface area (Å²) in [5.41, 5.74) is 12.1. The number of oxazole rings is 1. The Hall–Kier alpha value is -3.44. The standard InChI is InChI=1S/C16H17N9O5S2/c17-6-7-20-32(28,29)11-5-4-8(9-2-1-3-10-13(9)21-16(18)30-10)12(14(11)31(19,26)27)15-22-24-25-23-15/h1-5,20H,6-7,17H2,(H2,18,21)(H2,19,26,27)(H,22,23,24,25). The van der Waals surface area contributed by atoms with Crippen molar-refractivity contribution in [3.8, 4) is 22.5 Å². The molecule has 4 aromatic rings. The highest BCUT2D eigenvalue weighted by Gasteiger charge is 2.32. The van der Waals surface area contributed by atoms with Gasteiger partial charge in [-0.25, -0.2) is 26.7 Å². The van der Waals surface area contributed by atoms with Crippen molar-refractivity contribution in [2.24, 2.45) is 10.9 Å². The SMILES string of the molecule is NCCNS(=O)(=O)c1ccc(-c2cccc3oc(N)nc23)c(-c2nn[nH]n2)c1S(N)(=O)=O.